The third kappa shape index (κ3) is 6.58. The summed E-state index contributed by atoms with van der Waals surface area (Å²) in [6.07, 6.45) is 3.53. The molecule has 4 heteroatoms. The number of carbonyl (C=O) groups excluding carboxylic acids is 1. The van der Waals surface area contributed by atoms with E-state index in [0.717, 1.165) is 5.57 Å². The predicted molar refractivity (Wildman–Crippen MR) is 66.5 cm³/mol. The van der Waals surface area contributed by atoms with E-state index >= 15 is 0 Å². The molecule has 0 aliphatic heterocycles. The molecule has 0 aromatic heterocycles. The van der Waals surface area contributed by atoms with Crippen LogP contribution in [0.15, 0.2) is 37.0 Å². The molecule has 0 radical (unpaired) electrons. The quantitative estimate of drug-likeness (QED) is 0.390. The third-order valence-corrected chi connectivity index (χ3v) is 1.94. The van der Waals surface area contributed by atoms with Crippen LogP contribution in [0.4, 0.5) is 4.79 Å². The van der Waals surface area contributed by atoms with E-state index in [1.165, 1.54) is 7.11 Å². The summed E-state index contributed by atoms with van der Waals surface area (Å²) in [4.78, 5) is 11.3. The molecule has 0 aromatic rings. The van der Waals surface area contributed by atoms with Gasteiger partial charge in [0, 0.05) is 13.0 Å². The predicted octanol–water partition coefficient (Wildman–Crippen LogP) is 3.07. The lowest BCUT2D eigenvalue weighted by Crippen LogP contribution is -2.26. The SMILES string of the molecule is C=C/C=C(\C=C)COC(=O)OC(OC)C(C)C. The van der Waals surface area contributed by atoms with E-state index in [-0.39, 0.29) is 12.5 Å². The van der Waals surface area contributed by atoms with Gasteiger partial charge in [0.15, 0.2) is 0 Å². The van der Waals surface area contributed by atoms with E-state index in [1.54, 1.807) is 18.2 Å². The third-order valence-electron chi connectivity index (χ3n) is 1.94. The molecule has 0 saturated heterocycles. The number of hydrogen-bond donors (Lipinski definition) is 0. The van der Waals surface area contributed by atoms with Crippen molar-refractivity contribution in [2.75, 3.05) is 13.7 Å². The minimum Gasteiger partial charge on any atom is -0.429 e. The number of methoxy groups -OCH3 is 1. The van der Waals surface area contributed by atoms with Crippen LogP contribution in [0.2, 0.25) is 0 Å². The van der Waals surface area contributed by atoms with Gasteiger partial charge in [-0.2, -0.15) is 0 Å². The Bertz CT molecular complexity index is 292. The van der Waals surface area contributed by atoms with Gasteiger partial charge in [-0.15, -0.1) is 0 Å². The molecule has 0 N–H and O–H groups in total. The first-order chi connectivity index (χ1) is 8.04. The smallest absolute Gasteiger partial charge is 0.429 e. The van der Waals surface area contributed by atoms with Crippen molar-refractivity contribution in [3.63, 3.8) is 0 Å². The van der Waals surface area contributed by atoms with E-state index in [1.807, 2.05) is 13.8 Å². The zero-order valence-corrected chi connectivity index (χ0v) is 10.6. The summed E-state index contributed by atoms with van der Waals surface area (Å²) in [6.45, 7) is 11.0. The van der Waals surface area contributed by atoms with Crippen molar-refractivity contribution in [1.29, 1.82) is 0 Å². The van der Waals surface area contributed by atoms with Crippen LogP contribution in [0, 0.1) is 5.92 Å². The van der Waals surface area contributed by atoms with Gasteiger partial charge in [0.25, 0.3) is 0 Å². The van der Waals surface area contributed by atoms with Crippen molar-refractivity contribution in [1.82, 2.24) is 0 Å². The van der Waals surface area contributed by atoms with Gasteiger partial charge in [0.2, 0.25) is 6.29 Å². The maximum Gasteiger partial charge on any atom is 0.510 e. The van der Waals surface area contributed by atoms with Gasteiger partial charge in [-0.25, -0.2) is 4.79 Å². The summed E-state index contributed by atoms with van der Waals surface area (Å²) in [5.74, 6) is 0.0649. The van der Waals surface area contributed by atoms with E-state index in [2.05, 4.69) is 13.2 Å². The Morgan fingerprint density at radius 2 is 2.00 bits per heavy atom. The zero-order valence-electron chi connectivity index (χ0n) is 10.6. The van der Waals surface area contributed by atoms with Crippen LogP contribution in [0.3, 0.4) is 0 Å². The Kier molecular flexibility index (Phi) is 7.80. The first-order valence-electron chi connectivity index (χ1n) is 5.35. The molecule has 96 valence electrons. The number of allylic oxidation sites excluding steroid dienone is 2. The molecule has 0 heterocycles. The van der Waals surface area contributed by atoms with Gasteiger partial charge < -0.3 is 14.2 Å². The molecule has 0 rings (SSSR count). The molecule has 0 aromatic carbocycles. The topological polar surface area (TPSA) is 44.8 Å². The lowest BCUT2D eigenvalue weighted by molar-refractivity contribution is -0.126. The van der Waals surface area contributed by atoms with Crippen molar-refractivity contribution in [3.8, 4) is 0 Å². The van der Waals surface area contributed by atoms with Crippen molar-refractivity contribution in [3.05, 3.63) is 37.0 Å². The molecule has 0 aliphatic carbocycles. The van der Waals surface area contributed by atoms with Gasteiger partial charge in [0.05, 0.1) is 0 Å². The highest BCUT2D eigenvalue weighted by molar-refractivity contribution is 5.60. The van der Waals surface area contributed by atoms with E-state index in [9.17, 15) is 4.79 Å². The molecule has 17 heavy (non-hydrogen) atoms. The molecule has 0 aliphatic rings. The zero-order chi connectivity index (χ0) is 13.3. The van der Waals surface area contributed by atoms with Gasteiger partial charge in [0.1, 0.15) is 6.61 Å². The molecule has 1 unspecified atom stereocenters. The van der Waals surface area contributed by atoms with Crippen LogP contribution in [-0.2, 0) is 14.2 Å². The highest BCUT2D eigenvalue weighted by atomic mass is 16.8. The average molecular weight is 240 g/mol. The summed E-state index contributed by atoms with van der Waals surface area (Å²) < 4.78 is 14.9. The van der Waals surface area contributed by atoms with Crippen LogP contribution in [0.25, 0.3) is 0 Å². The molecular weight excluding hydrogens is 220 g/mol. The van der Waals surface area contributed by atoms with Crippen molar-refractivity contribution < 1.29 is 19.0 Å². The Morgan fingerprint density at radius 1 is 1.35 bits per heavy atom. The summed E-state index contributed by atoms with van der Waals surface area (Å²) in [5, 5.41) is 0. The molecule has 0 amide bonds. The van der Waals surface area contributed by atoms with Crippen LogP contribution >= 0.6 is 0 Å². The van der Waals surface area contributed by atoms with Crippen LogP contribution in [-0.4, -0.2) is 26.2 Å². The van der Waals surface area contributed by atoms with Crippen molar-refractivity contribution in [2.24, 2.45) is 5.92 Å². The lowest BCUT2D eigenvalue weighted by Gasteiger charge is -2.18. The Hall–Kier alpha value is -1.55. The average Bonchev–Trinajstić information content (AvgIpc) is 2.30. The monoisotopic (exact) mass is 240 g/mol. The number of carbonyl (C=O) groups is 1. The van der Waals surface area contributed by atoms with Crippen molar-refractivity contribution >= 4 is 6.16 Å². The Labute approximate surface area is 103 Å². The van der Waals surface area contributed by atoms with Crippen LogP contribution in [0.1, 0.15) is 13.8 Å². The molecule has 0 fully saturated rings. The second-order valence-corrected chi connectivity index (χ2v) is 3.69. The molecule has 0 spiro atoms. The number of hydrogen-bond acceptors (Lipinski definition) is 4. The summed E-state index contributed by atoms with van der Waals surface area (Å²) in [5.41, 5.74) is 0.746. The minimum absolute atomic E-state index is 0.0649. The Balaban J connectivity index is 4.14. The second kappa shape index (κ2) is 8.58. The van der Waals surface area contributed by atoms with E-state index < -0.39 is 12.4 Å². The normalized spacial score (nSPS) is 13.1. The molecule has 4 nitrogen and oxygen atoms in total. The van der Waals surface area contributed by atoms with Gasteiger partial charge in [-0.3, -0.25) is 0 Å². The maximum absolute atomic E-state index is 11.3. The number of rotatable bonds is 7. The first kappa shape index (κ1) is 15.4. The Morgan fingerprint density at radius 3 is 2.41 bits per heavy atom. The molecule has 1 atom stereocenters. The number of ether oxygens (including phenoxy) is 3. The fraction of sp³-hybridized carbons (Fsp3) is 0.462. The van der Waals surface area contributed by atoms with E-state index in [0.29, 0.717) is 0 Å². The molecule has 0 saturated carbocycles. The van der Waals surface area contributed by atoms with E-state index in [4.69, 9.17) is 14.2 Å². The summed E-state index contributed by atoms with van der Waals surface area (Å²) in [7, 11) is 1.48. The van der Waals surface area contributed by atoms with Crippen LogP contribution < -0.4 is 0 Å². The lowest BCUT2D eigenvalue weighted by atomic mass is 10.2. The second-order valence-electron chi connectivity index (χ2n) is 3.69. The standard InChI is InChI=1S/C13H20O4/c1-6-8-11(7-2)9-16-13(14)17-12(15-5)10(3)4/h6-8,10,12H,1-2,9H2,3-5H3/b11-8+. The fourth-order valence-corrected chi connectivity index (χ4v) is 1.05. The summed E-state index contributed by atoms with van der Waals surface area (Å²) >= 11 is 0. The first-order valence-corrected chi connectivity index (χ1v) is 5.35. The maximum atomic E-state index is 11.3. The van der Waals surface area contributed by atoms with Crippen LogP contribution in [0.5, 0.6) is 0 Å². The summed E-state index contributed by atoms with van der Waals surface area (Å²) in [6, 6.07) is 0. The van der Waals surface area contributed by atoms with Gasteiger partial charge in [-0.1, -0.05) is 45.2 Å². The minimum atomic E-state index is -0.762. The molecular formula is C13H20O4. The fourth-order valence-electron chi connectivity index (χ4n) is 1.05. The largest absolute Gasteiger partial charge is 0.510 e. The van der Waals surface area contributed by atoms with Crippen molar-refractivity contribution in [2.45, 2.75) is 20.1 Å². The molecule has 0 bridgehead atoms. The van der Waals surface area contributed by atoms with Gasteiger partial charge in [-0.05, 0) is 5.57 Å². The highest BCUT2D eigenvalue weighted by Crippen LogP contribution is 2.08. The van der Waals surface area contributed by atoms with Gasteiger partial charge >= 0.3 is 6.16 Å². The highest BCUT2D eigenvalue weighted by Gasteiger charge is 2.18.